The zero-order chi connectivity index (χ0) is 27.9. The summed E-state index contributed by atoms with van der Waals surface area (Å²) in [5.74, 6) is -1.00. The molecule has 2 aliphatic rings. The Bertz CT molecular complexity index is 1510. The molecule has 0 aliphatic carbocycles. The maximum Gasteiger partial charge on any atom is 0.412 e. The molecule has 3 aromatic rings. The van der Waals surface area contributed by atoms with Crippen molar-refractivity contribution < 1.29 is 23.9 Å². The summed E-state index contributed by atoms with van der Waals surface area (Å²) in [6.45, 7) is 7.40. The molecule has 0 unspecified atom stereocenters. The number of nitrogens with zero attached hydrogens (tertiary/aromatic N) is 1. The molecule has 5 rings (SSSR count). The Kier molecular flexibility index (Phi) is 6.72. The van der Waals surface area contributed by atoms with Gasteiger partial charge in [-0.15, -0.1) is 0 Å². The number of rotatable bonds is 4. The molecule has 1 N–H and O–H groups in total. The number of esters is 1. The van der Waals surface area contributed by atoms with Gasteiger partial charge in [-0.25, -0.2) is 9.59 Å². The molecule has 0 saturated heterocycles. The highest BCUT2D eigenvalue weighted by Gasteiger charge is 2.57. The van der Waals surface area contributed by atoms with E-state index in [9.17, 15) is 14.4 Å². The van der Waals surface area contributed by atoms with E-state index < -0.39 is 23.3 Å². The van der Waals surface area contributed by atoms with Crippen molar-refractivity contribution in [3.8, 4) is 0 Å². The van der Waals surface area contributed by atoms with Gasteiger partial charge in [0.25, 0.3) is 5.91 Å². The van der Waals surface area contributed by atoms with Gasteiger partial charge in [0.15, 0.2) is 0 Å². The first-order chi connectivity index (χ1) is 18.5. The van der Waals surface area contributed by atoms with E-state index in [1.165, 1.54) is 0 Å². The standard InChI is InChI=1S/C31H29ClN2O5/c1-19-17-31(22-14-10-15-23(32)26(22)34(28(31)36)18-20-11-6-5-7-12-20)38-27(35)25(19)21-13-8-9-16-24(21)33-29(37)39-30(2,3)4/h5-16H,17-18H2,1-4H3,(H,33,37)/t31-/m0/s1. The van der Waals surface area contributed by atoms with Crippen LogP contribution in [0.4, 0.5) is 16.2 Å². The Hall–Kier alpha value is -4.10. The summed E-state index contributed by atoms with van der Waals surface area (Å²) < 4.78 is 11.5. The summed E-state index contributed by atoms with van der Waals surface area (Å²) >= 11 is 6.61. The lowest BCUT2D eigenvalue weighted by molar-refractivity contribution is -0.163. The van der Waals surface area contributed by atoms with Gasteiger partial charge in [0.2, 0.25) is 5.60 Å². The highest BCUT2D eigenvalue weighted by Crippen LogP contribution is 2.53. The zero-order valence-electron chi connectivity index (χ0n) is 22.2. The zero-order valence-corrected chi connectivity index (χ0v) is 23.0. The number of halogens is 1. The van der Waals surface area contributed by atoms with Crippen LogP contribution in [0.3, 0.4) is 0 Å². The molecule has 200 valence electrons. The van der Waals surface area contributed by atoms with Gasteiger partial charge in [-0.1, -0.05) is 77.8 Å². The second-order valence-corrected chi connectivity index (χ2v) is 11.1. The van der Waals surface area contributed by atoms with Crippen molar-refractivity contribution >= 4 is 46.5 Å². The summed E-state index contributed by atoms with van der Waals surface area (Å²) in [6, 6.07) is 21.8. The molecule has 0 bridgehead atoms. The van der Waals surface area contributed by atoms with E-state index in [0.29, 0.717) is 38.7 Å². The SMILES string of the molecule is CC1=C(c2ccccc2NC(=O)OC(C)(C)C)C(=O)O[C@]2(C1)C(=O)N(Cc1ccccc1)c1c(Cl)cccc12. The Morgan fingerprint density at radius 3 is 2.41 bits per heavy atom. The average Bonchev–Trinajstić information content (AvgIpc) is 3.07. The minimum absolute atomic E-state index is 0.145. The molecular weight excluding hydrogens is 516 g/mol. The number of carbonyl (C=O) groups is 3. The molecule has 2 heterocycles. The molecule has 2 amide bonds. The topological polar surface area (TPSA) is 84.9 Å². The van der Waals surface area contributed by atoms with Crippen molar-refractivity contribution in [2.45, 2.75) is 51.9 Å². The van der Waals surface area contributed by atoms with Gasteiger partial charge in [-0.05, 0) is 45.4 Å². The van der Waals surface area contributed by atoms with Crippen molar-refractivity contribution in [1.29, 1.82) is 0 Å². The Labute approximate surface area is 232 Å². The summed E-state index contributed by atoms with van der Waals surface area (Å²) in [5, 5.41) is 3.14. The molecule has 2 aliphatic heterocycles. The molecule has 8 heteroatoms. The molecule has 39 heavy (non-hydrogen) atoms. The van der Waals surface area contributed by atoms with Crippen LogP contribution in [-0.2, 0) is 31.2 Å². The lowest BCUT2D eigenvalue weighted by Gasteiger charge is -2.34. The van der Waals surface area contributed by atoms with Gasteiger partial charge in [-0.3, -0.25) is 10.1 Å². The van der Waals surface area contributed by atoms with Crippen molar-refractivity contribution in [2.24, 2.45) is 0 Å². The average molecular weight is 545 g/mol. The number of hydrogen-bond donors (Lipinski definition) is 1. The monoisotopic (exact) mass is 544 g/mol. The number of ether oxygens (including phenoxy) is 2. The Morgan fingerprint density at radius 1 is 1.03 bits per heavy atom. The van der Waals surface area contributed by atoms with E-state index in [4.69, 9.17) is 21.1 Å². The van der Waals surface area contributed by atoms with Crippen molar-refractivity contribution in [1.82, 2.24) is 0 Å². The number of para-hydroxylation sites is 2. The summed E-state index contributed by atoms with van der Waals surface area (Å²) in [5.41, 5.74) is 1.65. The van der Waals surface area contributed by atoms with Gasteiger partial charge in [0.05, 0.1) is 28.5 Å². The maximum absolute atomic E-state index is 14.1. The molecule has 0 fully saturated rings. The number of amides is 2. The predicted octanol–water partition coefficient (Wildman–Crippen LogP) is 6.85. The number of nitrogens with one attached hydrogen (secondary N) is 1. The lowest BCUT2D eigenvalue weighted by Crippen LogP contribution is -2.46. The summed E-state index contributed by atoms with van der Waals surface area (Å²) in [6.07, 6.45) is -0.494. The van der Waals surface area contributed by atoms with Gasteiger partial charge in [-0.2, -0.15) is 0 Å². The highest BCUT2D eigenvalue weighted by atomic mass is 35.5. The molecule has 0 aromatic heterocycles. The minimum Gasteiger partial charge on any atom is -0.444 e. The Morgan fingerprint density at radius 2 is 1.72 bits per heavy atom. The molecule has 3 aromatic carbocycles. The van der Waals surface area contributed by atoms with Crippen LogP contribution < -0.4 is 10.2 Å². The van der Waals surface area contributed by atoms with E-state index in [-0.39, 0.29) is 18.9 Å². The Balaban J connectivity index is 1.54. The second-order valence-electron chi connectivity index (χ2n) is 10.7. The molecule has 0 saturated carbocycles. The fourth-order valence-corrected chi connectivity index (χ4v) is 5.46. The lowest BCUT2D eigenvalue weighted by atomic mass is 9.82. The number of anilines is 2. The van der Waals surface area contributed by atoms with E-state index >= 15 is 0 Å². The van der Waals surface area contributed by atoms with Crippen LogP contribution in [-0.4, -0.2) is 23.6 Å². The van der Waals surface area contributed by atoms with E-state index in [1.54, 1.807) is 75.1 Å². The van der Waals surface area contributed by atoms with Crippen molar-refractivity contribution in [3.63, 3.8) is 0 Å². The van der Waals surface area contributed by atoms with Crippen molar-refractivity contribution in [2.75, 3.05) is 10.2 Å². The van der Waals surface area contributed by atoms with Crippen LogP contribution in [0.25, 0.3) is 5.57 Å². The third kappa shape index (κ3) is 4.90. The van der Waals surface area contributed by atoms with Crippen molar-refractivity contribution in [3.05, 3.63) is 100 Å². The van der Waals surface area contributed by atoms with Crippen LogP contribution in [0.5, 0.6) is 0 Å². The quantitative estimate of drug-likeness (QED) is 0.363. The van der Waals surface area contributed by atoms with Gasteiger partial charge in [0.1, 0.15) is 5.60 Å². The smallest absolute Gasteiger partial charge is 0.412 e. The van der Waals surface area contributed by atoms with E-state index in [2.05, 4.69) is 5.32 Å². The minimum atomic E-state index is -1.53. The molecule has 1 atom stereocenters. The van der Waals surface area contributed by atoms with Crippen LogP contribution in [0, 0.1) is 0 Å². The first kappa shape index (κ1) is 26.5. The van der Waals surface area contributed by atoms with E-state index in [1.807, 2.05) is 30.3 Å². The third-order valence-electron chi connectivity index (χ3n) is 6.71. The van der Waals surface area contributed by atoms with Crippen LogP contribution >= 0.6 is 11.6 Å². The molecule has 1 spiro atoms. The molecule has 7 nitrogen and oxygen atoms in total. The van der Waals surface area contributed by atoms with Crippen LogP contribution in [0.1, 0.15) is 50.8 Å². The maximum atomic E-state index is 14.1. The first-order valence-electron chi connectivity index (χ1n) is 12.7. The number of fused-ring (bicyclic) bond motifs is 2. The summed E-state index contributed by atoms with van der Waals surface area (Å²) in [7, 11) is 0. The van der Waals surface area contributed by atoms with Crippen LogP contribution in [0.2, 0.25) is 5.02 Å². The van der Waals surface area contributed by atoms with Gasteiger partial charge >= 0.3 is 12.1 Å². The second kappa shape index (κ2) is 9.89. The number of carbonyl (C=O) groups excluding carboxylic acids is 3. The summed E-state index contributed by atoms with van der Waals surface area (Å²) in [4.78, 5) is 41.9. The fraction of sp³-hybridized carbons (Fsp3) is 0.258. The van der Waals surface area contributed by atoms with Gasteiger partial charge in [0, 0.05) is 17.5 Å². The van der Waals surface area contributed by atoms with Crippen LogP contribution in [0.15, 0.2) is 78.4 Å². The largest absolute Gasteiger partial charge is 0.444 e. The van der Waals surface area contributed by atoms with E-state index in [0.717, 1.165) is 5.56 Å². The molecular formula is C31H29ClN2O5. The number of benzene rings is 3. The number of hydrogen-bond acceptors (Lipinski definition) is 5. The highest BCUT2D eigenvalue weighted by molar-refractivity contribution is 6.35. The first-order valence-corrected chi connectivity index (χ1v) is 13.1. The third-order valence-corrected chi connectivity index (χ3v) is 7.01. The normalized spacial score (nSPS) is 18.7. The predicted molar refractivity (Wildman–Crippen MR) is 150 cm³/mol. The fourth-order valence-electron chi connectivity index (χ4n) is 5.18. The molecule has 0 radical (unpaired) electrons. The van der Waals surface area contributed by atoms with Gasteiger partial charge < -0.3 is 14.4 Å².